The van der Waals surface area contributed by atoms with E-state index in [0.29, 0.717) is 5.56 Å². The highest BCUT2D eigenvalue weighted by Crippen LogP contribution is 2.20. The Morgan fingerprint density at radius 2 is 2.08 bits per heavy atom. The van der Waals surface area contributed by atoms with Gasteiger partial charge in [-0.1, -0.05) is 12.1 Å². The molecule has 0 bridgehead atoms. The van der Waals surface area contributed by atoms with E-state index in [0.717, 1.165) is 0 Å². The number of benzene rings is 1. The SMILES string of the molecule is [CH2]c1cccc(OC(C)C)c1F. The van der Waals surface area contributed by atoms with Gasteiger partial charge in [0.1, 0.15) is 0 Å². The van der Waals surface area contributed by atoms with E-state index in [9.17, 15) is 4.39 Å². The zero-order chi connectivity index (χ0) is 9.14. The minimum Gasteiger partial charge on any atom is -0.488 e. The third kappa shape index (κ3) is 1.97. The Kier molecular flexibility index (Phi) is 2.69. The van der Waals surface area contributed by atoms with Crippen LogP contribution in [-0.4, -0.2) is 6.10 Å². The molecule has 0 saturated heterocycles. The molecule has 0 amide bonds. The van der Waals surface area contributed by atoms with Gasteiger partial charge in [0.05, 0.1) is 6.10 Å². The van der Waals surface area contributed by atoms with E-state index in [1.807, 2.05) is 13.8 Å². The number of rotatable bonds is 2. The summed E-state index contributed by atoms with van der Waals surface area (Å²) in [7, 11) is 0. The Bertz CT molecular complexity index is 269. The molecule has 0 aliphatic carbocycles. The van der Waals surface area contributed by atoms with Gasteiger partial charge >= 0.3 is 0 Å². The molecule has 1 radical (unpaired) electrons. The third-order valence-electron chi connectivity index (χ3n) is 1.41. The van der Waals surface area contributed by atoms with Gasteiger partial charge in [-0.25, -0.2) is 4.39 Å². The molecule has 2 heteroatoms. The van der Waals surface area contributed by atoms with E-state index in [2.05, 4.69) is 6.92 Å². The molecule has 1 aromatic carbocycles. The van der Waals surface area contributed by atoms with Crippen molar-refractivity contribution in [3.63, 3.8) is 0 Å². The van der Waals surface area contributed by atoms with Gasteiger partial charge in [0, 0.05) is 0 Å². The molecule has 0 saturated carbocycles. The lowest BCUT2D eigenvalue weighted by Crippen LogP contribution is -2.07. The van der Waals surface area contributed by atoms with Gasteiger partial charge in [-0.05, 0) is 32.4 Å². The summed E-state index contributed by atoms with van der Waals surface area (Å²) in [6.45, 7) is 7.25. The molecule has 0 aliphatic heterocycles. The van der Waals surface area contributed by atoms with E-state index in [1.54, 1.807) is 18.2 Å². The Balaban J connectivity index is 2.92. The zero-order valence-electron chi connectivity index (χ0n) is 7.30. The molecule has 0 aliphatic rings. The Hall–Kier alpha value is -1.05. The van der Waals surface area contributed by atoms with Crippen molar-refractivity contribution in [3.05, 3.63) is 36.5 Å². The fourth-order valence-corrected chi connectivity index (χ4v) is 0.901. The monoisotopic (exact) mass is 167 g/mol. The molecule has 0 unspecified atom stereocenters. The third-order valence-corrected chi connectivity index (χ3v) is 1.41. The molecular formula is C10H12FO. The van der Waals surface area contributed by atoms with Crippen LogP contribution < -0.4 is 4.74 Å². The predicted molar refractivity (Wildman–Crippen MR) is 46.6 cm³/mol. The quantitative estimate of drug-likeness (QED) is 0.658. The van der Waals surface area contributed by atoms with E-state index in [4.69, 9.17) is 4.74 Å². The first-order valence-electron chi connectivity index (χ1n) is 3.88. The van der Waals surface area contributed by atoms with Crippen LogP contribution in [-0.2, 0) is 0 Å². The number of halogens is 1. The first kappa shape index (κ1) is 9.04. The van der Waals surface area contributed by atoms with Crippen LogP contribution in [0.15, 0.2) is 18.2 Å². The van der Waals surface area contributed by atoms with Crippen molar-refractivity contribution < 1.29 is 9.13 Å². The lowest BCUT2D eigenvalue weighted by molar-refractivity contribution is 0.231. The lowest BCUT2D eigenvalue weighted by atomic mass is 10.2. The van der Waals surface area contributed by atoms with E-state index in [-0.39, 0.29) is 17.7 Å². The molecule has 0 atom stereocenters. The largest absolute Gasteiger partial charge is 0.488 e. The maximum atomic E-state index is 13.2. The van der Waals surface area contributed by atoms with Crippen LogP contribution in [0.3, 0.4) is 0 Å². The molecule has 0 heterocycles. The van der Waals surface area contributed by atoms with E-state index >= 15 is 0 Å². The fraction of sp³-hybridized carbons (Fsp3) is 0.300. The number of ether oxygens (including phenoxy) is 1. The minimum absolute atomic E-state index is 0.0127. The predicted octanol–water partition coefficient (Wildman–Crippen LogP) is 2.80. The van der Waals surface area contributed by atoms with Crippen LogP contribution in [0, 0.1) is 12.7 Å². The maximum absolute atomic E-state index is 13.2. The van der Waals surface area contributed by atoms with Crippen molar-refractivity contribution in [1.82, 2.24) is 0 Å². The van der Waals surface area contributed by atoms with E-state index in [1.165, 1.54) is 0 Å². The van der Waals surface area contributed by atoms with Crippen LogP contribution in [0.2, 0.25) is 0 Å². The van der Waals surface area contributed by atoms with Gasteiger partial charge in [0.2, 0.25) is 0 Å². The van der Waals surface area contributed by atoms with Crippen LogP contribution >= 0.6 is 0 Å². The summed E-state index contributed by atoms with van der Waals surface area (Å²) >= 11 is 0. The minimum atomic E-state index is -0.369. The first-order chi connectivity index (χ1) is 5.61. The molecule has 1 rings (SSSR count). The Morgan fingerprint density at radius 3 is 2.67 bits per heavy atom. The lowest BCUT2D eigenvalue weighted by Gasteiger charge is -2.10. The van der Waals surface area contributed by atoms with Crippen molar-refractivity contribution in [2.75, 3.05) is 0 Å². The second-order valence-corrected chi connectivity index (χ2v) is 2.90. The van der Waals surface area contributed by atoms with Gasteiger partial charge in [-0.3, -0.25) is 0 Å². The summed E-state index contributed by atoms with van der Waals surface area (Å²) in [5, 5.41) is 0. The Morgan fingerprint density at radius 1 is 1.42 bits per heavy atom. The molecule has 0 aromatic heterocycles. The van der Waals surface area contributed by atoms with Crippen molar-refractivity contribution in [2.45, 2.75) is 20.0 Å². The summed E-state index contributed by atoms with van der Waals surface area (Å²) in [4.78, 5) is 0. The van der Waals surface area contributed by atoms with Crippen LogP contribution in [0.4, 0.5) is 4.39 Å². The smallest absolute Gasteiger partial charge is 0.168 e. The van der Waals surface area contributed by atoms with Gasteiger partial charge < -0.3 is 4.74 Å². The fourth-order valence-electron chi connectivity index (χ4n) is 0.901. The van der Waals surface area contributed by atoms with Crippen molar-refractivity contribution in [2.24, 2.45) is 0 Å². The highest BCUT2D eigenvalue weighted by Gasteiger charge is 2.06. The first-order valence-corrected chi connectivity index (χ1v) is 3.88. The normalized spacial score (nSPS) is 10.4. The van der Waals surface area contributed by atoms with Gasteiger partial charge in [0.25, 0.3) is 0 Å². The van der Waals surface area contributed by atoms with Crippen LogP contribution in [0.25, 0.3) is 0 Å². The van der Waals surface area contributed by atoms with Crippen LogP contribution in [0.5, 0.6) is 5.75 Å². The summed E-state index contributed by atoms with van der Waals surface area (Å²) in [6, 6.07) is 4.94. The molecular weight excluding hydrogens is 155 g/mol. The highest BCUT2D eigenvalue weighted by molar-refractivity contribution is 5.32. The summed E-state index contributed by atoms with van der Waals surface area (Å²) in [5.74, 6) is -0.0938. The van der Waals surface area contributed by atoms with Crippen molar-refractivity contribution in [3.8, 4) is 5.75 Å². The zero-order valence-corrected chi connectivity index (χ0v) is 7.30. The van der Waals surface area contributed by atoms with E-state index < -0.39 is 0 Å². The summed E-state index contributed by atoms with van der Waals surface area (Å²) < 4.78 is 18.4. The second-order valence-electron chi connectivity index (χ2n) is 2.90. The van der Waals surface area contributed by atoms with Crippen molar-refractivity contribution in [1.29, 1.82) is 0 Å². The average molecular weight is 167 g/mol. The maximum Gasteiger partial charge on any atom is 0.168 e. The van der Waals surface area contributed by atoms with Gasteiger partial charge in [0.15, 0.2) is 11.6 Å². The van der Waals surface area contributed by atoms with Crippen molar-refractivity contribution >= 4 is 0 Å². The molecule has 12 heavy (non-hydrogen) atoms. The topological polar surface area (TPSA) is 9.23 Å². The molecule has 0 fully saturated rings. The molecule has 0 N–H and O–H groups in total. The second kappa shape index (κ2) is 3.57. The van der Waals surface area contributed by atoms with Crippen LogP contribution in [0.1, 0.15) is 19.4 Å². The Labute approximate surface area is 72.2 Å². The number of hydrogen-bond acceptors (Lipinski definition) is 1. The molecule has 1 nitrogen and oxygen atoms in total. The standard InChI is InChI=1S/C10H12FO/c1-7(2)12-9-6-4-5-8(3)10(9)11/h4-7H,3H2,1-2H3. The highest BCUT2D eigenvalue weighted by atomic mass is 19.1. The molecule has 1 aromatic rings. The summed E-state index contributed by atoms with van der Waals surface area (Å²) in [6.07, 6.45) is -0.0127. The van der Waals surface area contributed by atoms with Gasteiger partial charge in [-0.2, -0.15) is 0 Å². The molecule has 65 valence electrons. The molecule has 0 spiro atoms. The number of hydrogen-bond donors (Lipinski definition) is 0. The average Bonchev–Trinajstić information content (AvgIpc) is 1.98. The summed E-state index contributed by atoms with van der Waals surface area (Å²) in [5.41, 5.74) is 0.369. The van der Waals surface area contributed by atoms with Gasteiger partial charge in [-0.15, -0.1) is 0 Å².